The Bertz CT molecular complexity index is 1720. The molecule has 1 aliphatic carbocycles. The van der Waals surface area contributed by atoms with Gasteiger partial charge in [0.2, 0.25) is 0 Å². The molecule has 2 aromatic heterocycles. The monoisotopic (exact) mass is 519 g/mol. The van der Waals surface area contributed by atoms with Gasteiger partial charge in [0.05, 0.1) is 11.1 Å². The van der Waals surface area contributed by atoms with E-state index in [1.54, 1.807) is 30.6 Å². The number of amides is 2. The van der Waals surface area contributed by atoms with E-state index in [1.807, 2.05) is 49.4 Å². The normalized spacial score (nSPS) is 13.8. The summed E-state index contributed by atoms with van der Waals surface area (Å²) in [5, 5.41) is 3.81. The maximum absolute atomic E-state index is 13.4. The number of rotatable bonds is 7. The highest BCUT2D eigenvalue weighted by atomic mass is 19.1. The molecule has 0 radical (unpaired) electrons. The molecule has 0 saturated heterocycles. The Morgan fingerprint density at radius 1 is 1.00 bits per heavy atom. The Morgan fingerprint density at radius 2 is 1.74 bits per heavy atom. The highest BCUT2D eigenvalue weighted by Crippen LogP contribution is 2.45. The van der Waals surface area contributed by atoms with E-state index in [0.29, 0.717) is 34.3 Å². The number of aryl methyl sites for hydroxylation is 1. The lowest BCUT2D eigenvalue weighted by molar-refractivity contribution is 0.0929. The largest absolute Gasteiger partial charge is 0.460 e. The quantitative estimate of drug-likeness (QED) is 0.273. The third-order valence-electron chi connectivity index (χ3n) is 7.43. The summed E-state index contributed by atoms with van der Waals surface area (Å²) in [5.41, 5.74) is 11.4. The molecule has 3 aromatic carbocycles. The summed E-state index contributed by atoms with van der Waals surface area (Å²) < 4.78 is 19.4. The SMILES string of the molecule is Cc1ccc(C(=O)NC2(c3ccncc3)CC2)cc1-c1ccc2oc(Cc3ccc(F)cc3)c(C(N)=O)c2c1. The Hall–Kier alpha value is -4.78. The minimum atomic E-state index is -0.598. The molecule has 6 rings (SSSR count). The molecule has 194 valence electrons. The Labute approximate surface area is 224 Å². The van der Waals surface area contributed by atoms with Gasteiger partial charge in [0, 0.05) is 29.8 Å². The van der Waals surface area contributed by atoms with E-state index in [0.717, 1.165) is 40.7 Å². The Balaban J connectivity index is 1.34. The van der Waals surface area contributed by atoms with Gasteiger partial charge in [-0.2, -0.15) is 0 Å². The third kappa shape index (κ3) is 4.68. The number of fused-ring (bicyclic) bond motifs is 1. The van der Waals surface area contributed by atoms with Crippen LogP contribution in [-0.4, -0.2) is 16.8 Å². The van der Waals surface area contributed by atoms with Crippen LogP contribution < -0.4 is 11.1 Å². The van der Waals surface area contributed by atoms with E-state index < -0.39 is 5.91 Å². The number of carbonyl (C=O) groups excluding carboxylic acids is 2. The van der Waals surface area contributed by atoms with Gasteiger partial charge >= 0.3 is 0 Å². The lowest BCUT2D eigenvalue weighted by Gasteiger charge is -2.18. The predicted octanol–water partition coefficient (Wildman–Crippen LogP) is 6.05. The van der Waals surface area contributed by atoms with Crippen LogP contribution in [0.2, 0.25) is 0 Å². The number of benzene rings is 3. The molecule has 6 nitrogen and oxygen atoms in total. The lowest BCUT2D eigenvalue weighted by atomic mass is 9.95. The fourth-order valence-corrected chi connectivity index (χ4v) is 5.14. The minimum Gasteiger partial charge on any atom is -0.460 e. The van der Waals surface area contributed by atoms with Crippen LogP contribution in [0.5, 0.6) is 0 Å². The van der Waals surface area contributed by atoms with E-state index in [9.17, 15) is 14.0 Å². The zero-order valence-corrected chi connectivity index (χ0v) is 21.3. The molecule has 2 amide bonds. The van der Waals surface area contributed by atoms with Crippen LogP contribution in [0, 0.1) is 12.7 Å². The Kier molecular flexibility index (Phi) is 5.99. The highest BCUT2D eigenvalue weighted by molar-refractivity contribution is 6.07. The second kappa shape index (κ2) is 9.51. The number of nitrogens with one attached hydrogen (secondary N) is 1. The number of hydrogen-bond acceptors (Lipinski definition) is 4. The van der Waals surface area contributed by atoms with Gasteiger partial charge < -0.3 is 15.5 Å². The first-order valence-electron chi connectivity index (χ1n) is 12.8. The van der Waals surface area contributed by atoms with Gasteiger partial charge in [0.15, 0.2) is 0 Å². The predicted molar refractivity (Wildman–Crippen MR) is 147 cm³/mol. The molecule has 0 unspecified atom stereocenters. The van der Waals surface area contributed by atoms with Gasteiger partial charge in [-0.05, 0) is 96.1 Å². The molecule has 0 bridgehead atoms. The smallest absolute Gasteiger partial charge is 0.252 e. The van der Waals surface area contributed by atoms with Crippen LogP contribution in [0.3, 0.4) is 0 Å². The van der Waals surface area contributed by atoms with Gasteiger partial charge in [-0.15, -0.1) is 0 Å². The van der Waals surface area contributed by atoms with E-state index in [2.05, 4.69) is 10.3 Å². The number of hydrogen-bond donors (Lipinski definition) is 2. The zero-order valence-electron chi connectivity index (χ0n) is 21.3. The second-order valence-corrected chi connectivity index (χ2v) is 10.1. The first kappa shape index (κ1) is 24.6. The van der Waals surface area contributed by atoms with Crippen LogP contribution in [-0.2, 0) is 12.0 Å². The van der Waals surface area contributed by atoms with Crippen LogP contribution >= 0.6 is 0 Å². The fraction of sp³-hybridized carbons (Fsp3) is 0.156. The van der Waals surface area contributed by atoms with Crippen molar-refractivity contribution >= 4 is 22.8 Å². The van der Waals surface area contributed by atoms with E-state index in [4.69, 9.17) is 10.2 Å². The molecule has 0 spiro atoms. The number of aromatic nitrogens is 1. The summed E-state index contributed by atoms with van der Waals surface area (Å²) in [6.45, 7) is 1.98. The number of pyridine rings is 1. The number of primary amides is 1. The lowest BCUT2D eigenvalue weighted by Crippen LogP contribution is -2.34. The van der Waals surface area contributed by atoms with Gasteiger partial charge in [0.1, 0.15) is 17.2 Å². The van der Waals surface area contributed by atoms with Crippen LogP contribution in [0.1, 0.15) is 56.0 Å². The summed E-state index contributed by atoms with van der Waals surface area (Å²) in [7, 11) is 0. The van der Waals surface area contributed by atoms with Crippen molar-refractivity contribution in [1.82, 2.24) is 10.3 Å². The molecular formula is C32H26FN3O3. The maximum Gasteiger partial charge on any atom is 0.252 e. The molecule has 2 heterocycles. The summed E-state index contributed by atoms with van der Waals surface area (Å²) in [6, 6.07) is 21.1. The number of halogens is 1. The van der Waals surface area contributed by atoms with Crippen molar-refractivity contribution in [2.45, 2.75) is 31.7 Å². The third-order valence-corrected chi connectivity index (χ3v) is 7.43. The topological polar surface area (TPSA) is 98.2 Å². The van der Waals surface area contributed by atoms with Crippen LogP contribution in [0.4, 0.5) is 4.39 Å². The summed E-state index contributed by atoms with van der Waals surface area (Å²) in [5.74, 6) is -0.649. The van der Waals surface area contributed by atoms with Crippen LogP contribution in [0.15, 0.2) is 89.6 Å². The molecule has 7 heteroatoms. The maximum atomic E-state index is 13.4. The van der Waals surface area contributed by atoms with Crippen LogP contribution in [0.25, 0.3) is 22.1 Å². The van der Waals surface area contributed by atoms with Crippen molar-refractivity contribution in [2.24, 2.45) is 5.73 Å². The molecule has 1 fully saturated rings. The summed E-state index contributed by atoms with van der Waals surface area (Å²) in [6.07, 6.45) is 5.55. The average molecular weight is 520 g/mol. The number of nitrogens with zero attached hydrogens (tertiary/aromatic N) is 1. The molecular weight excluding hydrogens is 493 g/mol. The van der Waals surface area contributed by atoms with Crippen molar-refractivity contribution in [2.75, 3.05) is 0 Å². The summed E-state index contributed by atoms with van der Waals surface area (Å²) in [4.78, 5) is 29.9. The second-order valence-electron chi connectivity index (χ2n) is 10.1. The van der Waals surface area contributed by atoms with E-state index >= 15 is 0 Å². The molecule has 3 N–H and O–H groups in total. The molecule has 0 atom stereocenters. The molecule has 1 aliphatic rings. The number of nitrogens with two attached hydrogens (primary N) is 1. The van der Waals surface area contributed by atoms with Crippen molar-refractivity contribution < 1.29 is 18.4 Å². The summed E-state index contributed by atoms with van der Waals surface area (Å²) >= 11 is 0. The Morgan fingerprint density at radius 3 is 2.44 bits per heavy atom. The van der Waals surface area contributed by atoms with Crippen molar-refractivity contribution in [3.63, 3.8) is 0 Å². The van der Waals surface area contributed by atoms with Gasteiger partial charge in [-0.25, -0.2) is 4.39 Å². The van der Waals surface area contributed by atoms with Crippen molar-refractivity contribution in [3.05, 3.63) is 125 Å². The fourth-order valence-electron chi connectivity index (χ4n) is 5.14. The van der Waals surface area contributed by atoms with E-state index in [-0.39, 0.29) is 17.3 Å². The van der Waals surface area contributed by atoms with Gasteiger partial charge in [-0.3, -0.25) is 14.6 Å². The molecule has 5 aromatic rings. The number of carbonyl (C=O) groups is 2. The van der Waals surface area contributed by atoms with Gasteiger partial charge in [0.25, 0.3) is 11.8 Å². The number of furan rings is 1. The first-order valence-corrected chi connectivity index (χ1v) is 12.8. The first-order chi connectivity index (χ1) is 18.8. The molecule has 0 aliphatic heterocycles. The van der Waals surface area contributed by atoms with Crippen molar-refractivity contribution in [3.8, 4) is 11.1 Å². The minimum absolute atomic E-state index is 0.144. The van der Waals surface area contributed by atoms with Gasteiger partial charge in [-0.1, -0.05) is 24.3 Å². The zero-order chi connectivity index (χ0) is 27.1. The molecule has 39 heavy (non-hydrogen) atoms. The highest BCUT2D eigenvalue weighted by Gasteiger charge is 2.45. The molecule has 1 saturated carbocycles. The van der Waals surface area contributed by atoms with E-state index in [1.165, 1.54) is 12.1 Å². The average Bonchev–Trinajstić information content (AvgIpc) is 3.62. The van der Waals surface area contributed by atoms with Crippen molar-refractivity contribution in [1.29, 1.82) is 0 Å². The standard InChI is InChI=1S/C32H26FN3O3/c1-19-2-5-22(31(38)36-32(12-13-32)23-10-14-35-15-11-23)18-25(19)21-6-9-27-26(17-21)29(30(34)37)28(39-27)16-20-3-7-24(33)8-4-20/h2-11,14-15,17-18H,12-13,16H2,1H3,(H2,34,37)(H,36,38).